The van der Waals surface area contributed by atoms with Gasteiger partial charge in [-0.2, -0.15) is 18.3 Å². The number of carbonyl (C=O) groups excluding carboxylic acids is 4. The fraction of sp³-hybridized carbons (Fsp3) is 0.333. The summed E-state index contributed by atoms with van der Waals surface area (Å²) < 4.78 is 60.0. The van der Waals surface area contributed by atoms with E-state index < -0.39 is 47.1 Å². The molecule has 4 aromatic carbocycles. The molecule has 386 valence electrons. The summed E-state index contributed by atoms with van der Waals surface area (Å²) in [6.45, 7) is 1.90. The van der Waals surface area contributed by atoms with Gasteiger partial charge in [0.15, 0.2) is 16.6 Å². The number of ether oxygens (including phenoxy) is 2. The topological polar surface area (TPSA) is 210 Å². The van der Waals surface area contributed by atoms with E-state index in [1.165, 1.54) is 48.8 Å². The van der Waals surface area contributed by atoms with Crippen LogP contribution in [-0.2, 0) is 40.6 Å². The number of hydrogen-bond acceptors (Lipinski definition) is 13. The number of nitrogens with zero attached hydrogens (tertiary/aromatic N) is 6. The molecule has 4 amide bonds. The van der Waals surface area contributed by atoms with Gasteiger partial charge in [-0.15, -0.1) is 0 Å². The van der Waals surface area contributed by atoms with Gasteiger partial charge >= 0.3 is 12.1 Å². The molecule has 4 N–H and O–H groups in total. The Morgan fingerprint density at radius 1 is 0.907 bits per heavy atom. The van der Waals surface area contributed by atoms with Crippen LogP contribution in [0.2, 0.25) is 0 Å². The SMILES string of the molecule is COc1c(NC(=O)CN2CCC3(CC2)CC(Oc2cccc(-c4ccc(N5CCc6cccc(C(=O)Nc7nc8ccccc8s7)c6C5)nc4C(=O)O)c2C(F)(F)F)C3)ccc2c(C3CCC(=O)NC3=O)nn(C)c12. The second kappa shape index (κ2) is 19.4. The minimum Gasteiger partial charge on any atom is -0.492 e. The number of halogens is 3. The number of carboxylic acids is 1. The van der Waals surface area contributed by atoms with Crippen molar-refractivity contribution in [3.8, 4) is 22.6 Å². The van der Waals surface area contributed by atoms with E-state index in [0.29, 0.717) is 96.9 Å². The quantitative estimate of drug-likeness (QED) is 0.0847. The van der Waals surface area contributed by atoms with Gasteiger partial charge < -0.3 is 24.8 Å². The van der Waals surface area contributed by atoms with Crippen molar-refractivity contribution in [3.05, 3.63) is 119 Å². The number of hydrogen-bond donors (Lipinski definition) is 4. The average Bonchev–Trinajstić information content (AvgIpc) is 3.95. The Kier molecular flexibility index (Phi) is 12.8. The van der Waals surface area contributed by atoms with Crippen LogP contribution in [0.15, 0.2) is 84.9 Å². The number of benzene rings is 4. The first-order valence-electron chi connectivity index (χ1n) is 24.6. The Labute approximate surface area is 431 Å². The van der Waals surface area contributed by atoms with Gasteiger partial charge in [-0.3, -0.25) is 39.4 Å². The number of aromatic carboxylic acids is 1. The third kappa shape index (κ3) is 9.49. The van der Waals surface area contributed by atoms with E-state index in [1.807, 2.05) is 46.2 Å². The minimum absolute atomic E-state index is 0.0954. The third-order valence-electron chi connectivity index (χ3n) is 15.0. The number of rotatable bonds is 12. The molecule has 2 saturated heterocycles. The molecule has 1 spiro atoms. The van der Waals surface area contributed by atoms with Crippen LogP contribution in [0.1, 0.15) is 87.7 Å². The number of piperidine rings is 2. The second-order valence-electron chi connectivity index (χ2n) is 19.6. The predicted octanol–water partition coefficient (Wildman–Crippen LogP) is 8.57. The molecule has 7 aromatic rings. The van der Waals surface area contributed by atoms with Crippen LogP contribution in [0.4, 0.5) is 29.8 Å². The number of anilines is 3. The number of aryl methyl sites for hydroxylation is 1. The standard InChI is InChI=1S/C54H50F3N9O8S/c1-64-47-34(45(63-64)35-15-18-42(67)61-50(35)70)13-16-38(48(47)73-2)58-43(68)28-65-23-20-53(21-24-65)25-30(26-53)74-39-11-6-8-31(44(39)54(55,56)57)32-14-17-41(60-46(32)51(71)72)66-22-19-29-7-5-9-33(36(29)27-66)49(69)62-52-59-37-10-3-4-12-40(37)75-52/h3-14,16-17,30,35H,15,18-28H2,1-2H3,(H,58,68)(H,71,72)(H,59,62,69)(H,61,67,70). The molecule has 6 heterocycles. The lowest BCUT2D eigenvalue weighted by Crippen LogP contribution is -2.52. The first kappa shape index (κ1) is 49.3. The van der Waals surface area contributed by atoms with Crippen molar-refractivity contribution >= 4 is 78.7 Å². The molecule has 1 unspecified atom stereocenters. The van der Waals surface area contributed by atoms with Gasteiger partial charge in [0.05, 0.1) is 47.3 Å². The van der Waals surface area contributed by atoms with Crippen molar-refractivity contribution in [1.82, 2.24) is 30.0 Å². The number of carbonyl (C=O) groups is 5. The number of carboxylic acid groups (broad SMARTS) is 1. The largest absolute Gasteiger partial charge is 0.492 e. The fourth-order valence-electron chi connectivity index (χ4n) is 11.3. The molecule has 1 atom stereocenters. The maximum absolute atomic E-state index is 15.2. The second-order valence-corrected chi connectivity index (χ2v) is 20.7. The van der Waals surface area contributed by atoms with Gasteiger partial charge in [0.25, 0.3) is 5.91 Å². The molecule has 0 radical (unpaired) electrons. The lowest BCUT2D eigenvalue weighted by molar-refractivity contribution is -0.140. The number of likely N-dealkylation sites (tertiary alicyclic amines) is 1. The Bertz CT molecular complexity index is 3440. The number of alkyl halides is 3. The van der Waals surface area contributed by atoms with Gasteiger partial charge in [0, 0.05) is 48.6 Å². The number of aromatic nitrogens is 4. The number of methoxy groups -OCH3 is 1. The maximum atomic E-state index is 15.2. The molecule has 4 aliphatic rings. The van der Waals surface area contributed by atoms with Crippen LogP contribution in [-0.4, -0.2) is 98.7 Å². The number of imide groups is 1. The zero-order valence-electron chi connectivity index (χ0n) is 40.8. The first-order valence-corrected chi connectivity index (χ1v) is 25.4. The van der Waals surface area contributed by atoms with Gasteiger partial charge in [0.1, 0.15) is 22.6 Å². The molecule has 17 nitrogen and oxygen atoms in total. The highest BCUT2D eigenvalue weighted by atomic mass is 32.1. The van der Waals surface area contributed by atoms with Gasteiger partial charge in [-0.1, -0.05) is 47.7 Å². The zero-order chi connectivity index (χ0) is 52.3. The van der Waals surface area contributed by atoms with Crippen molar-refractivity contribution in [1.29, 1.82) is 0 Å². The van der Waals surface area contributed by atoms with Crippen LogP contribution in [0.3, 0.4) is 0 Å². The van der Waals surface area contributed by atoms with Crippen LogP contribution in [0.25, 0.3) is 32.2 Å². The highest BCUT2D eigenvalue weighted by molar-refractivity contribution is 7.22. The first-order chi connectivity index (χ1) is 36.0. The molecule has 1 saturated carbocycles. The molecule has 0 bridgehead atoms. The summed E-state index contributed by atoms with van der Waals surface area (Å²) in [6.07, 6.45) is -1.94. The van der Waals surface area contributed by atoms with E-state index in [-0.39, 0.29) is 59.6 Å². The van der Waals surface area contributed by atoms with Crippen molar-refractivity contribution in [3.63, 3.8) is 0 Å². The predicted molar refractivity (Wildman–Crippen MR) is 273 cm³/mol. The smallest absolute Gasteiger partial charge is 0.420 e. The molecule has 3 aliphatic heterocycles. The molecule has 1 aliphatic carbocycles. The highest BCUT2D eigenvalue weighted by Gasteiger charge is 2.48. The number of fused-ring (bicyclic) bond motifs is 3. The number of amides is 4. The van der Waals surface area contributed by atoms with Gasteiger partial charge in [0.2, 0.25) is 17.7 Å². The summed E-state index contributed by atoms with van der Waals surface area (Å²) >= 11 is 1.36. The molecule has 21 heteroatoms. The molecular weight excluding hydrogens is 992 g/mol. The van der Waals surface area contributed by atoms with E-state index >= 15 is 13.2 Å². The Morgan fingerprint density at radius 2 is 1.69 bits per heavy atom. The van der Waals surface area contributed by atoms with E-state index in [2.05, 4.69) is 31.0 Å². The van der Waals surface area contributed by atoms with Crippen molar-refractivity contribution in [2.75, 3.05) is 48.8 Å². The minimum atomic E-state index is -4.92. The molecular formula is C54H50F3N9O8S. The summed E-state index contributed by atoms with van der Waals surface area (Å²) in [7, 11) is 3.20. The molecule has 11 rings (SSSR count). The zero-order valence-corrected chi connectivity index (χ0v) is 41.6. The molecule has 3 aromatic heterocycles. The fourth-order valence-corrected chi connectivity index (χ4v) is 12.1. The van der Waals surface area contributed by atoms with Crippen molar-refractivity contribution < 1.29 is 51.7 Å². The normalized spacial score (nSPS) is 17.9. The number of para-hydroxylation sites is 1. The summed E-state index contributed by atoms with van der Waals surface area (Å²) in [5.74, 6) is -3.24. The van der Waals surface area contributed by atoms with Crippen molar-refractivity contribution in [2.45, 2.75) is 69.7 Å². The van der Waals surface area contributed by atoms with E-state index in [1.54, 1.807) is 29.9 Å². The summed E-state index contributed by atoms with van der Waals surface area (Å²) in [4.78, 5) is 77.2. The van der Waals surface area contributed by atoms with Crippen molar-refractivity contribution in [2.24, 2.45) is 12.5 Å². The van der Waals surface area contributed by atoms with Crippen LogP contribution in [0, 0.1) is 5.41 Å². The van der Waals surface area contributed by atoms with Gasteiger partial charge in [-0.05, 0) is 117 Å². The monoisotopic (exact) mass is 1040 g/mol. The van der Waals surface area contributed by atoms with E-state index in [9.17, 15) is 29.1 Å². The van der Waals surface area contributed by atoms with E-state index in [0.717, 1.165) is 21.3 Å². The van der Waals surface area contributed by atoms with Crippen LogP contribution < -0.4 is 30.3 Å². The summed E-state index contributed by atoms with van der Waals surface area (Å²) in [5.41, 5.74) is 1.99. The summed E-state index contributed by atoms with van der Waals surface area (Å²) in [5, 5.41) is 24.4. The summed E-state index contributed by atoms with van der Waals surface area (Å²) in [6, 6.07) is 23.2. The van der Waals surface area contributed by atoms with Gasteiger partial charge in [-0.25, -0.2) is 14.8 Å². The Balaban J connectivity index is 0.737. The molecule has 3 fully saturated rings. The lowest BCUT2D eigenvalue weighted by atomic mass is 9.61. The average molecular weight is 1040 g/mol. The third-order valence-corrected chi connectivity index (χ3v) is 15.9. The van der Waals surface area contributed by atoms with Crippen LogP contribution in [0.5, 0.6) is 11.5 Å². The Hall–Kier alpha value is -7.91. The maximum Gasteiger partial charge on any atom is 0.420 e. The molecule has 75 heavy (non-hydrogen) atoms. The Morgan fingerprint density at radius 3 is 2.44 bits per heavy atom. The number of thiazole rings is 1. The van der Waals surface area contributed by atoms with Crippen LogP contribution >= 0.6 is 11.3 Å². The number of nitrogens with one attached hydrogen (secondary N) is 3. The van der Waals surface area contributed by atoms with E-state index in [4.69, 9.17) is 9.47 Å². The highest BCUT2D eigenvalue weighted by Crippen LogP contribution is 2.52. The number of pyridine rings is 1. The lowest BCUT2D eigenvalue weighted by Gasteiger charge is -2.51.